The average Bonchev–Trinajstić information content (AvgIpc) is 2.64. The van der Waals surface area contributed by atoms with Crippen LogP contribution in [0, 0.1) is 27.2 Å². The Labute approximate surface area is 152 Å². The molecule has 0 bridgehead atoms. The molecule has 0 amide bonds. The summed E-state index contributed by atoms with van der Waals surface area (Å²) in [6.45, 7) is 1.87. The zero-order chi connectivity index (χ0) is 19.4. The number of benzene rings is 1. The molecular weight excluding hydrogens is 354 g/mol. The largest absolute Gasteiger partial charge is 0.353 e. The lowest BCUT2D eigenvalue weighted by Crippen LogP contribution is -2.06. The van der Waals surface area contributed by atoms with Crippen LogP contribution in [-0.2, 0) is 0 Å². The highest BCUT2D eigenvalue weighted by Gasteiger charge is 2.24. The summed E-state index contributed by atoms with van der Waals surface area (Å²) in [4.78, 5) is 33.2. The molecule has 0 aliphatic rings. The Morgan fingerprint density at radius 2 is 1.67 bits per heavy atom. The first-order valence-electron chi connectivity index (χ1n) is 7.64. The Morgan fingerprint density at radius 3 is 2.30 bits per heavy atom. The van der Waals surface area contributed by atoms with Crippen LogP contribution in [0.3, 0.4) is 0 Å². The van der Waals surface area contributed by atoms with Crippen molar-refractivity contribution in [2.75, 3.05) is 10.6 Å². The van der Waals surface area contributed by atoms with Crippen LogP contribution in [0.15, 0.2) is 48.9 Å². The zero-order valence-electron chi connectivity index (χ0n) is 14.0. The van der Waals surface area contributed by atoms with E-state index in [0.717, 1.165) is 11.9 Å². The Morgan fingerprint density at radius 1 is 0.926 bits per heavy atom. The van der Waals surface area contributed by atoms with E-state index in [0.29, 0.717) is 5.82 Å². The molecular formula is C16H13N7O4. The minimum Gasteiger partial charge on any atom is -0.334 e. The maximum absolute atomic E-state index is 11.6. The third kappa shape index (κ3) is 4.10. The first-order valence-corrected chi connectivity index (χ1v) is 7.64. The topological polar surface area (TPSA) is 149 Å². The number of nitro benzene ring substituents is 1. The number of nitrogens with one attached hydrogen (secondary N) is 2. The summed E-state index contributed by atoms with van der Waals surface area (Å²) in [5.41, 5.74) is 0.654. The van der Waals surface area contributed by atoms with E-state index < -0.39 is 15.5 Å². The minimum absolute atomic E-state index is 0.0562. The van der Waals surface area contributed by atoms with Crippen LogP contribution in [0.5, 0.6) is 0 Å². The monoisotopic (exact) mass is 367 g/mol. The predicted octanol–water partition coefficient (Wildman–Crippen LogP) is 3.48. The van der Waals surface area contributed by atoms with Crippen LogP contribution in [0.1, 0.15) is 5.56 Å². The molecule has 2 aromatic heterocycles. The summed E-state index contributed by atoms with van der Waals surface area (Å²) < 4.78 is 0. The Hall–Kier alpha value is -4.15. The van der Waals surface area contributed by atoms with Crippen LogP contribution in [0.4, 0.5) is 34.5 Å². The molecule has 0 saturated carbocycles. The second-order valence-electron chi connectivity index (χ2n) is 5.45. The van der Waals surface area contributed by atoms with E-state index in [2.05, 4.69) is 25.6 Å². The van der Waals surface area contributed by atoms with Gasteiger partial charge in [0.15, 0.2) is 0 Å². The molecule has 0 fully saturated rings. The number of non-ortho nitro benzene ring substituents is 1. The summed E-state index contributed by atoms with van der Waals surface area (Å²) in [5, 5.41) is 28.0. The van der Waals surface area contributed by atoms with Crippen molar-refractivity contribution in [3.8, 4) is 0 Å². The highest BCUT2D eigenvalue weighted by molar-refractivity contribution is 5.76. The van der Waals surface area contributed by atoms with E-state index in [-0.39, 0.29) is 23.0 Å². The number of aromatic nitrogens is 3. The third-order valence-electron chi connectivity index (χ3n) is 3.48. The van der Waals surface area contributed by atoms with Gasteiger partial charge in [-0.05, 0) is 24.6 Å². The van der Waals surface area contributed by atoms with Crippen molar-refractivity contribution in [2.45, 2.75) is 6.92 Å². The van der Waals surface area contributed by atoms with Gasteiger partial charge in [-0.15, -0.1) is 0 Å². The van der Waals surface area contributed by atoms with Crippen molar-refractivity contribution in [1.29, 1.82) is 0 Å². The first-order chi connectivity index (χ1) is 12.9. The van der Waals surface area contributed by atoms with Gasteiger partial charge in [-0.1, -0.05) is 12.1 Å². The van der Waals surface area contributed by atoms with E-state index in [1.165, 1.54) is 24.3 Å². The van der Waals surface area contributed by atoms with Gasteiger partial charge in [-0.25, -0.2) is 15.0 Å². The van der Waals surface area contributed by atoms with E-state index in [4.69, 9.17) is 0 Å². The van der Waals surface area contributed by atoms with Crippen molar-refractivity contribution >= 4 is 34.5 Å². The fraction of sp³-hybridized carbons (Fsp3) is 0.0625. The standard InChI is InChI=1S/C16H13N7O4/c1-10-5-6-13(17-8-10)21-16-14(23(26)27)15(18-9-19-16)20-11-3-2-4-12(7-11)22(24)25/h2-9H,1H3,(H2,17,18,19,20,21). The third-order valence-corrected chi connectivity index (χ3v) is 3.48. The molecule has 0 spiro atoms. The normalized spacial score (nSPS) is 10.3. The lowest BCUT2D eigenvalue weighted by Gasteiger charge is -2.09. The maximum Gasteiger partial charge on any atom is 0.353 e. The van der Waals surface area contributed by atoms with Gasteiger partial charge in [0, 0.05) is 24.0 Å². The van der Waals surface area contributed by atoms with Gasteiger partial charge >= 0.3 is 5.69 Å². The summed E-state index contributed by atoms with van der Waals surface area (Å²) in [7, 11) is 0. The van der Waals surface area contributed by atoms with Crippen LogP contribution in [0.25, 0.3) is 0 Å². The van der Waals surface area contributed by atoms with Gasteiger partial charge in [0.25, 0.3) is 5.69 Å². The van der Waals surface area contributed by atoms with Crippen LogP contribution in [-0.4, -0.2) is 24.8 Å². The fourth-order valence-electron chi connectivity index (χ4n) is 2.23. The molecule has 2 N–H and O–H groups in total. The van der Waals surface area contributed by atoms with E-state index in [9.17, 15) is 20.2 Å². The summed E-state index contributed by atoms with van der Waals surface area (Å²) in [5.74, 6) is 0.216. The van der Waals surface area contributed by atoms with Gasteiger partial charge in [-0.2, -0.15) is 0 Å². The molecule has 11 nitrogen and oxygen atoms in total. The van der Waals surface area contributed by atoms with Crippen LogP contribution in [0.2, 0.25) is 0 Å². The fourth-order valence-corrected chi connectivity index (χ4v) is 2.23. The van der Waals surface area contributed by atoms with Gasteiger partial charge < -0.3 is 10.6 Å². The van der Waals surface area contributed by atoms with E-state index in [1.54, 1.807) is 18.3 Å². The number of nitro groups is 2. The van der Waals surface area contributed by atoms with Crippen molar-refractivity contribution in [1.82, 2.24) is 15.0 Å². The summed E-state index contributed by atoms with van der Waals surface area (Å²) in [6.07, 6.45) is 2.75. The molecule has 0 saturated heterocycles. The molecule has 0 aliphatic heterocycles. The Balaban J connectivity index is 1.96. The average molecular weight is 367 g/mol. The summed E-state index contributed by atoms with van der Waals surface area (Å²) >= 11 is 0. The molecule has 136 valence electrons. The second-order valence-corrected chi connectivity index (χ2v) is 5.45. The molecule has 0 unspecified atom stereocenters. The number of anilines is 4. The highest BCUT2D eigenvalue weighted by Crippen LogP contribution is 2.33. The summed E-state index contributed by atoms with van der Waals surface area (Å²) in [6, 6.07) is 9.02. The highest BCUT2D eigenvalue weighted by atomic mass is 16.6. The number of nitrogens with zero attached hydrogens (tertiary/aromatic N) is 5. The lowest BCUT2D eigenvalue weighted by molar-refractivity contribution is -0.384. The lowest BCUT2D eigenvalue weighted by atomic mass is 10.2. The predicted molar refractivity (Wildman–Crippen MR) is 97.3 cm³/mol. The molecule has 2 heterocycles. The smallest absolute Gasteiger partial charge is 0.334 e. The number of rotatable bonds is 6. The second kappa shape index (κ2) is 7.39. The van der Waals surface area contributed by atoms with Crippen LogP contribution >= 0.6 is 0 Å². The molecule has 3 rings (SSSR count). The first kappa shape index (κ1) is 17.7. The van der Waals surface area contributed by atoms with Crippen molar-refractivity contribution in [2.24, 2.45) is 0 Å². The van der Waals surface area contributed by atoms with Crippen molar-refractivity contribution in [3.63, 3.8) is 0 Å². The van der Waals surface area contributed by atoms with Gasteiger partial charge in [0.2, 0.25) is 11.6 Å². The quantitative estimate of drug-likeness (QED) is 0.493. The van der Waals surface area contributed by atoms with Crippen molar-refractivity contribution < 1.29 is 9.85 Å². The number of hydrogen-bond acceptors (Lipinski definition) is 9. The number of pyridine rings is 1. The molecule has 0 aliphatic carbocycles. The zero-order valence-corrected chi connectivity index (χ0v) is 14.0. The van der Waals surface area contributed by atoms with E-state index in [1.807, 2.05) is 6.92 Å². The molecule has 0 atom stereocenters. The Bertz CT molecular complexity index is 1010. The van der Waals surface area contributed by atoms with Gasteiger partial charge in [0.1, 0.15) is 12.1 Å². The molecule has 11 heteroatoms. The Kier molecular flexibility index (Phi) is 4.84. The molecule has 27 heavy (non-hydrogen) atoms. The molecule has 0 radical (unpaired) electrons. The molecule has 3 aromatic rings. The van der Waals surface area contributed by atoms with Crippen LogP contribution < -0.4 is 10.6 Å². The SMILES string of the molecule is Cc1ccc(Nc2ncnc(Nc3cccc([N+](=O)[O-])c3)c2[N+](=O)[O-])nc1. The van der Waals surface area contributed by atoms with Gasteiger partial charge in [-0.3, -0.25) is 20.2 Å². The van der Waals surface area contributed by atoms with Crippen molar-refractivity contribution in [3.05, 3.63) is 74.7 Å². The maximum atomic E-state index is 11.6. The van der Waals surface area contributed by atoms with E-state index >= 15 is 0 Å². The number of hydrogen-bond donors (Lipinski definition) is 2. The minimum atomic E-state index is -0.643. The molecule has 1 aromatic carbocycles. The number of aryl methyl sites for hydroxylation is 1. The van der Waals surface area contributed by atoms with Gasteiger partial charge in [0.05, 0.1) is 9.85 Å².